The van der Waals surface area contributed by atoms with Gasteiger partial charge >= 0.3 is 0 Å². The molecule has 0 unspecified atom stereocenters. The lowest BCUT2D eigenvalue weighted by molar-refractivity contribution is -0.115. The van der Waals surface area contributed by atoms with Gasteiger partial charge in [0.15, 0.2) is 5.11 Å². The van der Waals surface area contributed by atoms with Gasteiger partial charge in [0.2, 0.25) is 0 Å². The summed E-state index contributed by atoms with van der Waals surface area (Å²) in [6.45, 7) is 0. The maximum atomic E-state index is 11.3. The van der Waals surface area contributed by atoms with Crippen molar-refractivity contribution >= 4 is 29.3 Å². The van der Waals surface area contributed by atoms with E-state index in [1.165, 1.54) is 0 Å². The first-order valence-corrected chi connectivity index (χ1v) is 5.22. The number of amides is 1. The fourth-order valence-electron chi connectivity index (χ4n) is 1.32. The van der Waals surface area contributed by atoms with E-state index in [0.717, 1.165) is 5.56 Å². The molecule has 0 bridgehead atoms. The van der Waals surface area contributed by atoms with Crippen LogP contribution >= 0.6 is 12.2 Å². The van der Waals surface area contributed by atoms with Crippen LogP contribution in [0.4, 0.5) is 0 Å². The van der Waals surface area contributed by atoms with Gasteiger partial charge in [-0.05, 0) is 23.9 Å². The van der Waals surface area contributed by atoms with Crippen molar-refractivity contribution in [1.82, 2.24) is 10.6 Å². The fraction of sp³-hybridized carbons (Fsp3) is 0. The summed E-state index contributed by atoms with van der Waals surface area (Å²) < 4.78 is 0. The molecule has 2 rings (SSSR count). The average molecular weight is 230 g/mol. The second-order valence-corrected chi connectivity index (χ2v) is 3.67. The Balaban J connectivity index is 2.07. The van der Waals surface area contributed by atoms with Gasteiger partial charge in [-0.25, -0.2) is 0 Å². The van der Waals surface area contributed by atoms with Crippen molar-refractivity contribution in [2.24, 2.45) is 0 Å². The van der Waals surface area contributed by atoms with E-state index in [1.54, 1.807) is 6.08 Å². The van der Waals surface area contributed by atoms with Gasteiger partial charge in [-0.2, -0.15) is 0 Å². The molecule has 0 aromatic heterocycles. The number of hydrogen-bond acceptors (Lipinski definition) is 2. The maximum absolute atomic E-state index is 11.3. The van der Waals surface area contributed by atoms with Crippen molar-refractivity contribution < 1.29 is 4.79 Å². The molecule has 1 aliphatic heterocycles. The molecular weight excluding hydrogens is 220 g/mol. The summed E-state index contributed by atoms with van der Waals surface area (Å²) in [4.78, 5) is 11.3. The smallest absolute Gasteiger partial charge is 0.273 e. The normalized spacial score (nSPS) is 17.9. The minimum Gasteiger partial charge on any atom is -0.328 e. The third-order valence-electron chi connectivity index (χ3n) is 2.07. The lowest BCUT2D eigenvalue weighted by atomic mass is 10.2. The van der Waals surface area contributed by atoms with E-state index in [2.05, 4.69) is 10.6 Å². The molecule has 16 heavy (non-hydrogen) atoms. The Kier molecular flexibility index (Phi) is 3.12. The Bertz CT molecular complexity index is 477. The highest BCUT2D eigenvalue weighted by Crippen LogP contribution is 2.03. The highest BCUT2D eigenvalue weighted by molar-refractivity contribution is 7.80. The first-order chi connectivity index (χ1) is 7.75. The van der Waals surface area contributed by atoms with Crippen LogP contribution in [0.15, 0.2) is 48.2 Å². The molecule has 4 heteroatoms. The van der Waals surface area contributed by atoms with Crippen LogP contribution in [0.3, 0.4) is 0 Å². The molecule has 1 heterocycles. The Hall–Kier alpha value is -1.94. The first kappa shape index (κ1) is 10.6. The number of benzene rings is 1. The third-order valence-corrected chi connectivity index (χ3v) is 2.28. The first-order valence-electron chi connectivity index (χ1n) is 4.81. The molecule has 1 amide bonds. The molecule has 80 valence electrons. The molecular formula is C12H10N2OS. The summed E-state index contributed by atoms with van der Waals surface area (Å²) in [6.07, 6.45) is 5.43. The van der Waals surface area contributed by atoms with E-state index in [9.17, 15) is 4.79 Å². The molecule has 0 atom stereocenters. The Labute approximate surface area is 98.9 Å². The van der Waals surface area contributed by atoms with Gasteiger partial charge in [0.1, 0.15) is 5.70 Å². The van der Waals surface area contributed by atoms with E-state index in [0.29, 0.717) is 10.8 Å². The molecule has 1 fully saturated rings. The predicted octanol–water partition coefficient (Wildman–Crippen LogP) is 1.59. The zero-order chi connectivity index (χ0) is 11.4. The second kappa shape index (κ2) is 4.72. The van der Waals surface area contributed by atoms with Crippen LogP contribution < -0.4 is 10.6 Å². The van der Waals surface area contributed by atoms with E-state index >= 15 is 0 Å². The molecule has 0 spiro atoms. The van der Waals surface area contributed by atoms with Gasteiger partial charge in [0, 0.05) is 0 Å². The van der Waals surface area contributed by atoms with Crippen LogP contribution in [0.2, 0.25) is 0 Å². The third kappa shape index (κ3) is 2.55. The zero-order valence-corrected chi connectivity index (χ0v) is 9.25. The van der Waals surface area contributed by atoms with Crippen LogP contribution in [0.5, 0.6) is 0 Å². The van der Waals surface area contributed by atoms with Gasteiger partial charge in [0.25, 0.3) is 5.91 Å². The Morgan fingerprint density at radius 2 is 1.88 bits per heavy atom. The van der Waals surface area contributed by atoms with Crippen LogP contribution in [0, 0.1) is 0 Å². The predicted molar refractivity (Wildman–Crippen MR) is 67.4 cm³/mol. The van der Waals surface area contributed by atoms with E-state index < -0.39 is 0 Å². The molecule has 3 nitrogen and oxygen atoms in total. The summed E-state index contributed by atoms with van der Waals surface area (Å²) >= 11 is 4.81. The standard InChI is InChI=1S/C12H10N2OS/c15-11-10(13-12(16)14-11)8-4-7-9-5-2-1-3-6-9/h1-8H,(H2,13,14,15,16)/b7-4?,10-8-. The number of carbonyl (C=O) groups excluding carboxylic acids is 1. The van der Waals surface area contributed by atoms with Gasteiger partial charge in [-0.3, -0.25) is 10.1 Å². The van der Waals surface area contributed by atoms with Crippen LogP contribution in [0.25, 0.3) is 6.08 Å². The summed E-state index contributed by atoms with van der Waals surface area (Å²) in [5.41, 5.74) is 1.55. The summed E-state index contributed by atoms with van der Waals surface area (Å²) in [5, 5.41) is 5.62. The molecule has 1 aromatic rings. The van der Waals surface area contributed by atoms with Crippen molar-refractivity contribution in [1.29, 1.82) is 0 Å². The summed E-state index contributed by atoms with van der Waals surface area (Å²) in [7, 11) is 0. The Morgan fingerprint density at radius 1 is 1.12 bits per heavy atom. The Morgan fingerprint density at radius 3 is 2.50 bits per heavy atom. The molecule has 0 saturated carbocycles. The highest BCUT2D eigenvalue weighted by atomic mass is 32.1. The lowest BCUT2D eigenvalue weighted by Crippen LogP contribution is -2.21. The molecule has 1 aromatic carbocycles. The average Bonchev–Trinajstić information content (AvgIpc) is 2.59. The van der Waals surface area contributed by atoms with Crippen LogP contribution in [-0.2, 0) is 4.79 Å². The van der Waals surface area contributed by atoms with E-state index in [4.69, 9.17) is 12.2 Å². The molecule has 0 radical (unpaired) electrons. The van der Waals surface area contributed by atoms with E-state index in [1.807, 2.05) is 42.5 Å². The van der Waals surface area contributed by atoms with Gasteiger partial charge < -0.3 is 5.32 Å². The number of nitrogens with one attached hydrogen (secondary N) is 2. The van der Waals surface area contributed by atoms with Crippen LogP contribution in [0.1, 0.15) is 5.56 Å². The number of hydrogen-bond donors (Lipinski definition) is 2. The van der Waals surface area contributed by atoms with Crippen molar-refractivity contribution in [3.63, 3.8) is 0 Å². The maximum Gasteiger partial charge on any atom is 0.273 e. The van der Waals surface area contributed by atoms with Gasteiger partial charge in [0.05, 0.1) is 0 Å². The van der Waals surface area contributed by atoms with E-state index in [-0.39, 0.29) is 5.91 Å². The monoisotopic (exact) mass is 230 g/mol. The number of carbonyl (C=O) groups is 1. The second-order valence-electron chi connectivity index (χ2n) is 3.26. The van der Waals surface area contributed by atoms with Crippen LogP contribution in [-0.4, -0.2) is 11.0 Å². The zero-order valence-electron chi connectivity index (χ0n) is 8.44. The topological polar surface area (TPSA) is 41.1 Å². The fourth-order valence-corrected chi connectivity index (χ4v) is 1.52. The summed E-state index contributed by atoms with van der Waals surface area (Å²) in [6, 6.07) is 9.86. The van der Waals surface area contributed by atoms with Crippen molar-refractivity contribution in [2.75, 3.05) is 0 Å². The minimum absolute atomic E-state index is 0.192. The molecule has 1 aliphatic rings. The molecule has 2 N–H and O–H groups in total. The molecule has 1 saturated heterocycles. The lowest BCUT2D eigenvalue weighted by Gasteiger charge is -1.91. The van der Waals surface area contributed by atoms with Crippen molar-refractivity contribution in [3.05, 3.63) is 53.7 Å². The van der Waals surface area contributed by atoms with Crippen molar-refractivity contribution in [2.45, 2.75) is 0 Å². The summed E-state index contributed by atoms with van der Waals surface area (Å²) in [5.74, 6) is -0.192. The minimum atomic E-state index is -0.192. The van der Waals surface area contributed by atoms with Gasteiger partial charge in [-0.15, -0.1) is 0 Å². The number of allylic oxidation sites excluding steroid dienone is 2. The van der Waals surface area contributed by atoms with Crippen molar-refractivity contribution in [3.8, 4) is 0 Å². The molecule has 0 aliphatic carbocycles. The van der Waals surface area contributed by atoms with Gasteiger partial charge in [-0.1, -0.05) is 42.5 Å². The number of thiocarbonyl (C=S) groups is 1. The largest absolute Gasteiger partial charge is 0.328 e. The number of rotatable bonds is 2. The SMILES string of the molecule is O=C1NC(=S)N/C1=C\C=Cc1ccccc1. The highest BCUT2D eigenvalue weighted by Gasteiger charge is 2.18. The quantitative estimate of drug-likeness (QED) is 0.599.